The molecule has 0 heterocycles. The highest BCUT2D eigenvalue weighted by atomic mass is 16.6. The number of rotatable bonds is 5. The van der Waals surface area contributed by atoms with Crippen molar-refractivity contribution >= 4 is 17.3 Å². The molecule has 114 valence electrons. The molecule has 0 bridgehead atoms. The summed E-state index contributed by atoms with van der Waals surface area (Å²) in [4.78, 5) is 24.2. The van der Waals surface area contributed by atoms with Gasteiger partial charge in [0, 0.05) is 31.8 Å². The maximum absolute atomic E-state index is 12.0. The van der Waals surface area contributed by atoms with Gasteiger partial charge < -0.3 is 10.2 Å². The Morgan fingerprint density at radius 1 is 1.43 bits per heavy atom. The second-order valence-electron chi connectivity index (χ2n) is 5.81. The normalized spacial score (nSPS) is 16.0. The van der Waals surface area contributed by atoms with Crippen molar-refractivity contribution in [3.63, 3.8) is 0 Å². The van der Waals surface area contributed by atoms with Crippen LogP contribution in [0.4, 0.5) is 11.4 Å². The van der Waals surface area contributed by atoms with Crippen LogP contribution in [0.5, 0.6) is 0 Å². The second-order valence-corrected chi connectivity index (χ2v) is 5.81. The number of anilines is 1. The molecule has 1 atom stereocenters. The van der Waals surface area contributed by atoms with Gasteiger partial charge in [-0.3, -0.25) is 14.9 Å². The van der Waals surface area contributed by atoms with Crippen LogP contribution in [-0.2, 0) is 0 Å². The van der Waals surface area contributed by atoms with Crippen molar-refractivity contribution in [2.24, 2.45) is 5.92 Å². The molecule has 1 saturated carbocycles. The third kappa shape index (κ3) is 3.32. The predicted octanol–water partition coefficient (Wildman–Crippen LogP) is 2.90. The summed E-state index contributed by atoms with van der Waals surface area (Å²) in [6.45, 7) is 2.04. The molecule has 1 fully saturated rings. The first kappa shape index (κ1) is 15.3. The van der Waals surface area contributed by atoms with Crippen molar-refractivity contribution in [2.45, 2.75) is 32.2 Å². The molecular weight excluding hydrogens is 270 g/mol. The van der Waals surface area contributed by atoms with Crippen LogP contribution in [0.2, 0.25) is 0 Å². The summed E-state index contributed by atoms with van der Waals surface area (Å²) in [5.74, 6) is 0.391. The number of hydrogen-bond donors (Lipinski definition) is 1. The van der Waals surface area contributed by atoms with Crippen LogP contribution < -0.4 is 5.32 Å². The lowest BCUT2D eigenvalue weighted by Crippen LogP contribution is -2.31. The zero-order valence-electron chi connectivity index (χ0n) is 12.6. The molecule has 1 unspecified atom stereocenters. The van der Waals surface area contributed by atoms with Crippen molar-refractivity contribution in [1.82, 2.24) is 4.90 Å². The summed E-state index contributed by atoms with van der Waals surface area (Å²) < 4.78 is 0. The van der Waals surface area contributed by atoms with E-state index in [0.717, 1.165) is 12.8 Å². The molecule has 21 heavy (non-hydrogen) atoms. The largest absolute Gasteiger partial charge is 0.377 e. The van der Waals surface area contributed by atoms with Crippen LogP contribution in [-0.4, -0.2) is 35.9 Å². The van der Waals surface area contributed by atoms with Gasteiger partial charge in [0.25, 0.3) is 11.6 Å². The first-order valence-electron chi connectivity index (χ1n) is 7.16. The summed E-state index contributed by atoms with van der Waals surface area (Å²) in [5, 5.41) is 14.4. The fourth-order valence-electron chi connectivity index (χ4n) is 2.51. The van der Waals surface area contributed by atoms with Crippen molar-refractivity contribution < 1.29 is 9.72 Å². The fourth-order valence-corrected chi connectivity index (χ4v) is 2.51. The SMILES string of the molecule is CC(Nc1cc(C(=O)N(C)C)ccc1[N+](=O)[O-])C1CCC1. The van der Waals surface area contributed by atoms with Crippen molar-refractivity contribution in [1.29, 1.82) is 0 Å². The summed E-state index contributed by atoms with van der Waals surface area (Å²) >= 11 is 0. The monoisotopic (exact) mass is 291 g/mol. The summed E-state index contributed by atoms with van der Waals surface area (Å²) in [7, 11) is 3.32. The molecule has 0 aliphatic heterocycles. The minimum Gasteiger partial charge on any atom is -0.377 e. The van der Waals surface area contributed by atoms with Gasteiger partial charge in [0.1, 0.15) is 5.69 Å². The molecule has 1 aromatic rings. The molecule has 0 aromatic heterocycles. The van der Waals surface area contributed by atoms with E-state index in [1.807, 2.05) is 6.92 Å². The molecule has 1 N–H and O–H groups in total. The maximum Gasteiger partial charge on any atom is 0.292 e. The Labute approximate surface area is 124 Å². The topological polar surface area (TPSA) is 75.5 Å². The number of carbonyl (C=O) groups is 1. The van der Waals surface area contributed by atoms with E-state index < -0.39 is 4.92 Å². The molecule has 1 aliphatic rings. The van der Waals surface area contributed by atoms with Crippen molar-refractivity contribution in [3.05, 3.63) is 33.9 Å². The van der Waals surface area contributed by atoms with Gasteiger partial charge >= 0.3 is 0 Å². The molecule has 0 spiro atoms. The molecule has 1 aromatic carbocycles. The van der Waals surface area contributed by atoms with Crippen LogP contribution in [0.1, 0.15) is 36.5 Å². The molecule has 0 saturated heterocycles. The van der Waals surface area contributed by atoms with Gasteiger partial charge in [0.05, 0.1) is 4.92 Å². The standard InChI is InChI=1S/C15H21N3O3/c1-10(11-5-4-6-11)16-13-9-12(15(19)17(2)3)7-8-14(13)18(20)21/h7-11,16H,4-6H2,1-3H3. The van der Waals surface area contributed by atoms with Gasteiger partial charge in [0.15, 0.2) is 0 Å². The number of carbonyl (C=O) groups excluding carboxylic acids is 1. The number of amides is 1. The Balaban J connectivity index is 2.28. The van der Waals surface area contributed by atoms with Crippen LogP contribution in [0.25, 0.3) is 0 Å². The van der Waals surface area contributed by atoms with Gasteiger partial charge in [-0.1, -0.05) is 6.42 Å². The third-order valence-corrected chi connectivity index (χ3v) is 4.09. The number of benzene rings is 1. The first-order chi connectivity index (χ1) is 9.90. The van der Waals surface area contributed by atoms with Crippen molar-refractivity contribution in [3.8, 4) is 0 Å². The third-order valence-electron chi connectivity index (χ3n) is 4.09. The number of nitro groups is 1. The van der Waals surface area contributed by atoms with E-state index in [9.17, 15) is 14.9 Å². The Bertz CT molecular complexity index is 553. The lowest BCUT2D eigenvalue weighted by Gasteiger charge is -2.32. The fraction of sp³-hybridized carbons (Fsp3) is 0.533. The molecule has 6 nitrogen and oxygen atoms in total. The Kier molecular flexibility index (Phi) is 4.45. The number of hydrogen-bond acceptors (Lipinski definition) is 4. The zero-order valence-corrected chi connectivity index (χ0v) is 12.6. The lowest BCUT2D eigenvalue weighted by atomic mass is 9.80. The highest BCUT2D eigenvalue weighted by molar-refractivity contribution is 5.95. The van der Waals surface area contributed by atoms with Crippen LogP contribution in [0.3, 0.4) is 0 Å². The Morgan fingerprint density at radius 2 is 2.10 bits per heavy atom. The molecule has 0 radical (unpaired) electrons. The van der Waals surface area contributed by atoms with Gasteiger partial charge in [-0.2, -0.15) is 0 Å². The van der Waals surface area contributed by atoms with Crippen LogP contribution >= 0.6 is 0 Å². The van der Waals surface area contributed by atoms with Gasteiger partial charge in [-0.15, -0.1) is 0 Å². The molecular formula is C15H21N3O3. The highest BCUT2D eigenvalue weighted by Gasteiger charge is 2.26. The smallest absolute Gasteiger partial charge is 0.292 e. The average Bonchev–Trinajstić information content (AvgIpc) is 2.35. The molecule has 1 amide bonds. The van der Waals surface area contributed by atoms with E-state index in [4.69, 9.17) is 0 Å². The first-order valence-corrected chi connectivity index (χ1v) is 7.16. The minimum atomic E-state index is -0.417. The second kappa shape index (κ2) is 6.11. The van der Waals surface area contributed by atoms with E-state index in [2.05, 4.69) is 5.32 Å². The number of nitrogens with one attached hydrogen (secondary N) is 1. The quantitative estimate of drug-likeness (QED) is 0.668. The van der Waals surface area contributed by atoms with E-state index in [0.29, 0.717) is 17.2 Å². The van der Waals surface area contributed by atoms with Gasteiger partial charge in [0.2, 0.25) is 0 Å². The lowest BCUT2D eigenvalue weighted by molar-refractivity contribution is -0.384. The maximum atomic E-state index is 12.0. The average molecular weight is 291 g/mol. The Hall–Kier alpha value is -2.11. The number of nitro benzene ring substituents is 1. The molecule has 1 aliphatic carbocycles. The zero-order chi connectivity index (χ0) is 15.6. The van der Waals surface area contributed by atoms with Crippen LogP contribution in [0.15, 0.2) is 18.2 Å². The summed E-state index contributed by atoms with van der Waals surface area (Å²) in [6, 6.07) is 4.64. The van der Waals surface area contributed by atoms with Gasteiger partial charge in [-0.25, -0.2) is 0 Å². The van der Waals surface area contributed by atoms with Gasteiger partial charge in [-0.05, 0) is 37.8 Å². The number of nitrogens with zero attached hydrogens (tertiary/aromatic N) is 2. The van der Waals surface area contributed by atoms with Crippen LogP contribution in [0, 0.1) is 16.0 Å². The Morgan fingerprint density at radius 3 is 2.57 bits per heavy atom. The summed E-state index contributed by atoms with van der Waals surface area (Å²) in [6.07, 6.45) is 3.52. The van der Waals surface area contributed by atoms with E-state index in [-0.39, 0.29) is 17.6 Å². The summed E-state index contributed by atoms with van der Waals surface area (Å²) in [5.41, 5.74) is 0.887. The van der Waals surface area contributed by atoms with Crippen molar-refractivity contribution in [2.75, 3.05) is 19.4 Å². The predicted molar refractivity (Wildman–Crippen MR) is 81.5 cm³/mol. The molecule has 6 heteroatoms. The van der Waals surface area contributed by atoms with E-state index in [1.165, 1.54) is 23.5 Å². The minimum absolute atomic E-state index is 0.0106. The van der Waals surface area contributed by atoms with E-state index >= 15 is 0 Å². The molecule has 2 rings (SSSR count). The highest BCUT2D eigenvalue weighted by Crippen LogP contribution is 2.33. The van der Waals surface area contributed by atoms with E-state index in [1.54, 1.807) is 20.2 Å².